The van der Waals surface area contributed by atoms with Crippen molar-refractivity contribution in [3.05, 3.63) is 23.5 Å². The van der Waals surface area contributed by atoms with Crippen molar-refractivity contribution in [2.75, 3.05) is 18.5 Å². The van der Waals surface area contributed by atoms with E-state index in [0.717, 1.165) is 10.4 Å². The van der Waals surface area contributed by atoms with Crippen molar-refractivity contribution >= 4 is 21.6 Å². The van der Waals surface area contributed by atoms with Crippen LogP contribution in [-0.4, -0.2) is 49.1 Å². The number of sulfonamides is 1. The van der Waals surface area contributed by atoms with Crippen LogP contribution in [0.5, 0.6) is 0 Å². The lowest BCUT2D eigenvalue weighted by atomic mass is 10.0. The summed E-state index contributed by atoms with van der Waals surface area (Å²) < 4.78 is 53.9. The molecule has 0 spiro atoms. The maximum Gasteiger partial charge on any atom is 0.246 e. The number of carbonyl (C=O) groups is 1. The molecule has 0 bridgehead atoms. The molecule has 2 aliphatic heterocycles. The Labute approximate surface area is 132 Å². The molecule has 1 aromatic rings. The fourth-order valence-electron chi connectivity index (χ4n) is 3.00. The van der Waals surface area contributed by atoms with Crippen molar-refractivity contribution < 1.29 is 27.1 Å². The molecule has 2 heterocycles. The van der Waals surface area contributed by atoms with Crippen LogP contribution in [0.2, 0.25) is 0 Å². The normalized spacial score (nSPS) is 25.3. The highest BCUT2D eigenvalue weighted by atomic mass is 32.2. The molecule has 9 heteroatoms. The van der Waals surface area contributed by atoms with Crippen molar-refractivity contribution in [3.8, 4) is 0 Å². The van der Waals surface area contributed by atoms with Gasteiger partial charge in [-0.2, -0.15) is 4.31 Å². The molecule has 1 aromatic carbocycles. The van der Waals surface area contributed by atoms with Crippen molar-refractivity contribution in [2.24, 2.45) is 0 Å². The van der Waals surface area contributed by atoms with E-state index in [2.05, 4.69) is 5.32 Å². The number of benzene rings is 1. The van der Waals surface area contributed by atoms with E-state index in [9.17, 15) is 27.1 Å². The molecule has 3 rings (SSSR count). The summed E-state index contributed by atoms with van der Waals surface area (Å²) in [5.41, 5.74) is 0.766. The summed E-state index contributed by atoms with van der Waals surface area (Å²) in [6, 6.07) is 1.25. The molecule has 0 unspecified atom stereocenters. The van der Waals surface area contributed by atoms with Gasteiger partial charge in [0.25, 0.3) is 0 Å². The Balaban J connectivity index is 2.02. The maximum atomic E-state index is 14.3. The number of fused-ring (bicyclic) bond motifs is 1. The Morgan fingerprint density at radius 1 is 1.35 bits per heavy atom. The molecule has 0 aromatic heterocycles. The van der Waals surface area contributed by atoms with E-state index in [-0.39, 0.29) is 24.4 Å². The fraction of sp³-hybridized carbons (Fsp3) is 0.500. The fourth-order valence-corrected chi connectivity index (χ4v) is 4.75. The van der Waals surface area contributed by atoms with Gasteiger partial charge in [-0.15, -0.1) is 0 Å². The molecular formula is C14H16F2N2O4S. The molecule has 0 saturated carbocycles. The van der Waals surface area contributed by atoms with Crippen LogP contribution in [0.25, 0.3) is 0 Å². The van der Waals surface area contributed by atoms with Crippen molar-refractivity contribution in [1.29, 1.82) is 0 Å². The van der Waals surface area contributed by atoms with Crippen molar-refractivity contribution in [2.45, 2.75) is 36.4 Å². The second-order valence-electron chi connectivity index (χ2n) is 5.73. The van der Waals surface area contributed by atoms with E-state index in [4.69, 9.17) is 0 Å². The summed E-state index contributed by atoms with van der Waals surface area (Å²) in [6.07, 6.45) is -1.01. The molecule has 2 atom stereocenters. The summed E-state index contributed by atoms with van der Waals surface area (Å²) in [7, 11) is -4.26. The number of anilines is 1. The first-order valence-corrected chi connectivity index (χ1v) is 8.66. The molecule has 1 fully saturated rings. The highest BCUT2D eigenvalue weighted by Gasteiger charge is 2.41. The van der Waals surface area contributed by atoms with E-state index >= 15 is 0 Å². The summed E-state index contributed by atoms with van der Waals surface area (Å²) in [5.74, 6) is -1.27. The molecule has 1 saturated heterocycles. The van der Waals surface area contributed by atoms with Gasteiger partial charge < -0.3 is 10.4 Å². The molecule has 2 N–H and O–H groups in total. The van der Waals surface area contributed by atoms with E-state index in [1.54, 1.807) is 0 Å². The van der Waals surface area contributed by atoms with E-state index in [0.29, 0.717) is 12.0 Å². The smallest absolute Gasteiger partial charge is 0.246 e. The number of rotatable bonds is 3. The second kappa shape index (κ2) is 5.81. The van der Waals surface area contributed by atoms with Gasteiger partial charge in [0, 0.05) is 18.7 Å². The number of alkyl halides is 1. The number of hydrogen-bond donors (Lipinski definition) is 2. The average molecular weight is 346 g/mol. The lowest BCUT2D eigenvalue weighted by molar-refractivity contribution is -0.116. The topological polar surface area (TPSA) is 86.7 Å². The van der Waals surface area contributed by atoms with Gasteiger partial charge in [-0.3, -0.25) is 4.79 Å². The largest absolute Gasteiger partial charge is 0.395 e. The molecule has 1 amide bonds. The van der Waals surface area contributed by atoms with E-state index < -0.39 is 46.1 Å². The van der Waals surface area contributed by atoms with Gasteiger partial charge in [0.2, 0.25) is 15.9 Å². The third kappa shape index (κ3) is 2.84. The Morgan fingerprint density at radius 3 is 2.78 bits per heavy atom. The molecule has 2 aliphatic rings. The standard InChI is InChI=1S/C14H16F2N2O4S/c15-9-4-10(7-19)18(6-9)23(21,22)13-3-8-1-2-14(20)17-12(8)5-11(13)16/h3,5,9-10,19H,1-2,4,6-7H2,(H,17,20)/t9-,10-/m0/s1. The molecular weight excluding hydrogens is 330 g/mol. The van der Waals surface area contributed by atoms with Crippen LogP contribution in [-0.2, 0) is 21.2 Å². The first-order chi connectivity index (χ1) is 10.8. The van der Waals surface area contributed by atoms with Gasteiger partial charge in [0.15, 0.2) is 0 Å². The zero-order chi connectivity index (χ0) is 16.8. The monoisotopic (exact) mass is 346 g/mol. The first kappa shape index (κ1) is 16.3. The number of nitrogens with zero attached hydrogens (tertiary/aromatic N) is 1. The number of aliphatic hydroxyl groups excluding tert-OH is 1. The predicted molar refractivity (Wildman–Crippen MR) is 77.6 cm³/mol. The van der Waals surface area contributed by atoms with Crippen LogP contribution in [0.3, 0.4) is 0 Å². The maximum absolute atomic E-state index is 14.3. The Morgan fingerprint density at radius 2 is 2.09 bits per heavy atom. The van der Waals surface area contributed by atoms with Gasteiger partial charge in [-0.05, 0) is 30.5 Å². The summed E-state index contributed by atoms with van der Waals surface area (Å²) in [4.78, 5) is 10.8. The highest BCUT2D eigenvalue weighted by Crippen LogP contribution is 2.33. The molecule has 23 heavy (non-hydrogen) atoms. The van der Waals surface area contributed by atoms with Gasteiger partial charge in [0.05, 0.1) is 12.6 Å². The lowest BCUT2D eigenvalue weighted by Gasteiger charge is -2.24. The first-order valence-electron chi connectivity index (χ1n) is 7.22. The molecule has 126 valence electrons. The van der Waals surface area contributed by atoms with Crippen LogP contribution >= 0.6 is 0 Å². The molecule has 6 nitrogen and oxygen atoms in total. The number of hydrogen-bond acceptors (Lipinski definition) is 4. The lowest BCUT2D eigenvalue weighted by Crippen LogP contribution is -2.38. The highest BCUT2D eigenvalue weighted by molar-refractivity contribution is 7.89. The molecule has 0 aliphatic carbocycles. The van der Waals surface area contributed by atoms with Gasteiger partial charge in [-0.1, -0.05) is 0 Å². The summed E-state index contributed by atoms with van der Waals surface area (Å²) >= 11 is 0. The van der Waals surface area contributed by atoms with Crippen LogP contribution in [0.15, 0.2) is 17.0 Å². The average Bonchev–Trinajstić information content (AvgIpc) is 2.88. The van der Waals surface area contributed by atoms with Crippen molar-refractivity contribution in [1.82, 2.24) is 4.31 Å². The number of halogens is 2. The van der Waals surface area contributed by atoms with Crippen LogP contribution in [0, 0.1) is 5.82 Å². The molecule has 0 radical (unpaired) electrons. The predicted octanol–water partition coefficient (Wildman–Crippen LogP) is 0.804. The minimum Gasteiger partial charge on any atom is -0.395 e. The Bertz CT molecular complexity index is 753. The number of nitrogens with one attached hydrogen (secondary N) is 1. The Hall–Kier alpha value is -1.58. The quantitative estimate of drug-likeness (QED) is 0.848. The van der Waals surface area contributed by atoms with Gasteiger partial charge in [0.1, 0.15) is 16.9 Å². The van der Waals surface area contributed by atoms with Gasteiger partial charge in [-0.25, -0.2) is 17.2 Å². The minimum atomic E-state index is -4.26. The van der Waals surface area contributed by atoms with E-state index in [1.165, 1.54) is 6.07 Å². The van der Waals surface area contributed by atoms with Crippen LogP contribution in [0.1, 0.15) is 18.4 Å². The summed E-state index contributed by atoms with van der Waals surface area (Å²) in [5, 5.41) is 11.7. The summed E-state index contributed by atoms with van der Waals surface area (Å²) in [6.45, 7) is -0.927. The SMILES string of the molecule is O=C1CCc2cc(S(=O)(=O)N3C[C@@H](F)C[C@H]3CO)c(F)cc2N1. The number of aryl methyl sites for hydroxylation is 1. The second-order valence-corrected chi connectivity index (χ2v) is 7.59. The number of aliphatic hydroxyl groups is 1. The number of amides is 1. The minimum absolute atomic E-state index is 0.113. The van der Waals surface area contributed by atoms with Crippen molar-refractivity contribution in [3.63, 3.8) is 0 Å². The van der Waals surface area contributed by atoms with Crippen LogP contribution < -0.4 is 5.32 Å². The number of carbonyl (C=O) groups excluding carboxylic acids is 1. The van der Waals surface area contributed by atoms with E-state index in [1.807, 2.05) is 0 Å². The third-order valence-corrected chi connectivity index (χ3v) is 6.10. The zero-order valence-corrected chi connectivity index (χ0v) is 12.9. The third-order valence-electron chi connectivity index (χ3n) is 4.16. The van der Waals surface area contributed by atoms with Crippen LogP contribution in [0.4, 0.5) is 14.5 Å². The zero-order valence-electron chi connectivity index (χ0n) is 12.1. The van der Waals surface area contributed by atoms with Gasteiger partial charge >= 0.3 is 0 Å². The Kier molecular flexibility index (Phi) is 4.11.